The predicted molar refractivity (Wildman–Crippen MR) is 68.9 cm³/mol. The van der Waals surface area contributed by atoms with Gasteiger partial charge in [0, 0.05) is 22.5 Å². The van der Waals surface area contributed by atoms with E-state index in [0.29, 0.717) is 22.5 Å². The number of carbonyl (C=O) groups excluding carboxylic acids is 1. The monoisotopic (exact) mass is 224 g/mol. The minimum absolute atomic E-state index is 0.0118. The molecule has 17 heavy (non-hydrogen) atoms. The summed E-state index contributed by atoms with van der Waals surface area (Å²) in [7, 11) is 0. The van der Waals surface area contributed by atoms with Crippen LogP contribution in [0.5, 0.6) is 0 Å². The van der Waals surface area contributed by atoms with Crippen LogP contribution in [0.3, 0.4) is 0 Å². The Morgan fingerprint density at radius 1 is 0.882 bits per heavy atom. The summed E-state index contributed by atoms with van der Waals surface area (Å²) < 4.78 is 0. The zero-order valence-electron chi connectivity index (χ0n) is 9.45. The molecular weight excluding hydrogens is 212 g/mol. The van der Waals surface area contributed by atoms with Crippen molar-refractivity contribution in [3.8, 4) is 11.1 Å². The minimum Gasteiger partial charge on any atom is -0.399 e. The minimum atomic E-state index is 0.0118. The first-order chi connectivity index (χ1) is 8.08. The van der Waals surface area contributed by atoms with Crippen LogP contribution in [-0.2, 0) is 0 Å². The Balaban J connectivity index is 2.39. The van der Waals surface area contributed by atoms with E-state index in [0.717, 1.165) is 16.7 Å². The second-order valence-corrected chi connectivity index (χ2v) is 4.39. The highest BCUT2D eigenvalue weighted by Crippen LogP contribution is 2.40. The molecular formula is C14H12N2O. The summed E-state index contributed by atoms with van der Waals surface area (Å²) in [6, 6.07) is 9.07. The molecule has 4 N–H and O–H groups in total. The lowest BCUT2D eigenvalue weighted by Gasteiger charge is -2.05. The van der Waals surface area contributed by atoms with Gasteiger partial charge in [-0.2, -0.15) is 0 Å². The summed E-state index contributed by atoms with van der Waals surface area (Å²) in [6.07, 6.45) is 0. The van der Waals surface area contributed by atoms with Crippen LogP contribution in [0.4, 0.5) is 11.4 Å². The number of hydrogen-bond donors (Lipinski definition) is 2. The molecule has 3 rings (SSSR count). The van der Waals surface area contributed by atoms with E-state index >= 15 is 0 Å². The maximum absolute atomic E-state index is 12.2. The van der Waals surface area contributed by atoms with E-state index in [4.69, 9.17) is 11.5 Å². The quantitative estimate of drug-likeness (QED) is 0.576. The Morgan fingerprint density at radius 2 is 1.59 bits per heavy atom. The van der Waals surface area contributed by atoms with E-state index in [2.05, 4.69) is 0 Å². The molecule has 3 heteroatoms. The molecule has 0 aromatic heterocycles. The van der Waals surface area contributed by atoms with Crippen LogP contribution < -0.4 is 11.5 Å². The molecule has 2 aromatic rings. The van der Waals surface area contributed by atoms with Gasteiger partial charge in [-0.05, 0) is 47.9 Å². The van der Waals surface area contributed by atoms with Crippen molar-refractivity contribution in [2.75, 3.05) is 11.5 Å². The van der Waals surface area contributed by atoms with E-state index < -0.39 is 0 Å². The lowest BCUT2D eigenvalue weighted by atomic mass is 10.00. The smallest absolute Gasteiger partial charge is 0.194 e. The van der Waals surface area contributed by atoms with Gasteiger partial charge in [-0.3, -0.25) is 4.79 Å². The summed E-state index contributed by atoms with van der Waals surface area (Å²) in [4.78, 5) is 12.2. The van der Waals surface area contributed by atoms with Crippen molar-refractivity contribution in [1.82, 2.24) is 0 Å². The highest BCUT2D eigenvalue weighted by atomic mass is 16.1. The Bertz CT molecular complexity index is 660. The number of hydrogen-bond acceptors (Lipinski definition) is 3. The fraction of sp³-hybridized carbons (Fsp3) is 0.0714. The van der Waals surface area contributed by atoms with Gasteiger partial charge in [-0.15, -0.1) is 0 Å². The zero-order chi connectivity index (χ0) is 12.2. The normalized spacial score (nSPS) is 12.4. The lowest BCUT2D eigenvalue weighted by molar-refractivity contribution is 0.104. The Morgan fingerprint density at radius 3 is 2.35 bits per heavy atom. The van der Waals surface area contributed by atoms with Crippen molar-refractivity contribution in [3.63, 3.8) is 0 Å². The highest BCUT2D eigenvalue weighted by molar-refractivity contribution is 6.22. The van der Waals surface area contributed by atoms with Crippen LogP contribution in [0.15, 0.2) is 30.3 Å². The second kappa shape index (κ2) is 3.10. The molecule has 0 saturated carbocycles. The summed E-state index contributed by atoms with van der Waals surface area (Å²) >= 11 is 0. The summed E-state index contributed by atoms with van der Waals surface area (Å²) in [5.41, 5.74) is 17.1. The van der Waals surface area contributed by atoms with Crippen molar-refractivity contribution < 1.29 is 4.79 Å². The fourth-order valence-electron chi connectivity index (χ4n) is 2.46. The first-order valence-electron chi connectivity index (χ1n) is 5.42. The molecule has 0 atom stereocenters. The topological polar surface area (TPSA) is 69.1 Å². The van der Waals surface area contributed by atoms with Gasteiger partial charge in [-0.25, -0.2) is 0 Å². The van der Waals surface area contributed by atoms with E-state index in [1.54, 1.807) is 12.1 Å². The lowest BCUT2D eigenvalue weighted by Crippen LogP contribution is -1.98. The molecule has 0 aliphatic heterocycles. The Kier molecular flexibility index (Phi) is 1.81. The number of fused-ring (bicyclic) bond motifs is 3. The van der Waals surface area contributed by atoms with E-state index in [9.17, 15) is 4.79 Å². The maximum atomic E-state index is 12.2. The van der Waals surface area contributed by atoms with Gasteiger partial charge in [-0.1, -0.05) is 6.07 Å². The van der Waals surface area contributed by atoms with Gasteiger partial charge < -0.3 is 11.5 Å². The molecule has 2 aromatic carbocycles. The summed E-state index contributed by atoms with van der Waals surface area (Å²) in [5, 5.41) is 0. The van der Waals surface area contributed by atoms with E-state index in [1.807, 2.05) is 25.1 Å². The third-order valence-corrected chi connectivity index (χ3v) is 3.16. The molecule has 0 amide bonds. The third-order valence-electron chi connectivity index (χ3n) is 3.16. The number of ketones is 1. The number of nitrogen functional groups attached to an aromatic ring is 2. The first kappa shape index (κ1) is 9.90. The maximum Gasteiger partial charge on any atom is 0.194 e. The van der Waals surface area contributed by atoms with Crippen LogP contribution in [0.1, 0.15) is 21.5 Å². The standard InChI is InChI=1S/C14H12N2O/c1-7-4-9(16)6-12-13(7)10-3-2-8(15)5-11(10)14(12)17/h2-6H,15-16H2,1H3. The second-order valence-electron chi connectivity index (χ2n) is 4.39. The SMILES string of the molecule is Cc1cc(N)cc2c1-c1ccc(N)cc1C2=O. The Labute approximate surface area is 99.1 Å². The number of anilines is 2. The summed E-state index contributed by atoms with van der Waals surface area (Å²) in [5.74, 6) is 0.0118. The number of aryl methyl sites for hydroxylation is 1. The van der Waals surface area contributed by atoms with Crippen molar-refractivity contribution in [2.45, 2.75) is 6.92 Å². The number of rotatable bonds is 0. The van der Waals surface area contributed by atoms with Crippen molar-refractivity contribution in [1.29, 1.82) is 0 Å². The van der Waals surface area contributed by atoms with Crippen molar-refractivity contribution in [2.24, 2.45) is 0 Å². The van der Waals surface area contributed by atoms with E-state index in [1.165, 1.54) is 0 Å². The fourth-order valence-corrected chi connectivity index (χ4v) is 2.46. The molecule has 1 aliphatic carbocycles. The molecule has 84 valence electrons. The Hall–Kier alpha value is -2.29. The molecule has 3 nitrogen and oxygen atoms in total. The predicted octanol–water partition coefficient (Wildman–Crippen LogP) is 2.37. The summed E-state index contributed by atoms with van der Waals surface area (Å²) in [6.45, 7) is 1.97. The third kappa shape index (κ3) is 1.25. The van der Waals surface area contributed by atoms with Crippen LogP contribution in [-0.4, -0.2) is 5.78 Å². The van der Waals surface area contributed by atoms with Crippen molar-refractivity contribution in [3.05, 3.63) is 47.0 Å². The van der Waals surface area contributed by atoms with Gasteiger partial charge in [0.1, 0.15) is 0 Å². The largest absolute Gasteiger partial charge is 0.399 e. The number of nitrogens with two attached hydrogens (primary N) is 2. The van der Waals surface area contributed by atoms with Gasteiger partial charge in [0.15, 0.2) is 5.78 Å². The van der Waals surface area contributed by atoms with Gasteiger partial charge in [0.05, 0.1) is 0 Å². The van der Waals surface area contributed by atoms with E-state index in [-0.39, 0.29) is 5.78 Å². The number of benzene rings is 2. The molecule has 0 bridgehead atoms. The molecule has 0 unspecified atom stereocenters. The van der Waals surface area contributed by atoms with Gasteiger partial charge in [0.2, 0.25) is 0 Å². The van der Waals surface area contributed by atoms with Crippen molar-refractivity contribution >= 4 is 17.2 Å². The van der Waals surface area contributed by atoms with Crippen LogP contribution in [0.25, 0.3) is 11.1 Å². The number of carbonyl (C=O) groups is 1. The molecule has 0 saturated heterocycles. The molecule has 0 radical (unpaired) electrons. The van der Waals surface area contributed by atoms with Crippen LogP contribution >= 0.6 is 0 Å². The first-order valence-corrected chi connectivity index (χ1v) is 5.42. The van der Waals surface area contributed by atoms with Gasteiger partial charge in [0.25, 0.3) is 0 Å². The average molecular weight is 224 g/mol. The molecule has 0 fully saturated rings. The van der Waals surface area contributed by atoms with Crippen LogP contribution in [0.2, 0.25) is 0 Å². The molecule has 1 aliphatic rings. The van der Waals surface area contributed by atoms with Gasteiger partial charge >= 0.3 is 0 Å². The molecule has 0 spiro atoms. The zero-order valence-corrected chi connectivity index (χ0v) is 9.45. The average Bonchev–Trinajstić information content (AvgIpc) is 2.53. The highest BCUT2D eigenvalue weighted by Gasteiger charge is 2.28. The van der Waals surface area contributed by atoms with Crippen LogP contribution in [0, 0.1) is 6.92 Å². The molecule has 0 heterocycles.